The maximum Gasteiger partial charge on any atom is 0.223 e. The number of rotatable bonds is 7. The fraction of sp³-hybridized carbons (Fsp3) is 0.647. The third-order valence-electron chi connectivity index (χ3n) is 4.19. The van der Waals surface area contributed by atoms with Crippen molar-refractivity contribution in [3.8, 4) is 0 Å². The van der Waals surface area contributed by atoms with E-state index in [4.69, 9.17) is 0 Å². The molecule has 0 spiro atoms. The number of carbonyl (C=O) groups excluding carboxylic acids is 1. The Balaban J connectivity index is 1.52. The van der Waals surface area contributed by atoms with Gasteiger partial charge in [-0.15, -0.1) is 0 Å². The van der Waals surface area contributed by atoms with Gasteiger partial charge >= 0.3 is 0 Å². The zero-order valence-corrected chi connectivity index (χ0v) is 13.0. The number of aromatic nitrogens is 1. The Morgan fingerprint density at radius 1 is 1.38 bits per heavy atom. The van der Waals surface area contributed by atoms with Crippen molar-refractivity contribution in [2.24, 2.45) is 11.8 Å². The topological polar surface area (TPSA) is 54.0 Å². The van der Waals surface area contributed by atoms with E-state index in [0.717, 1.165) is 38.9 Å². The van der Waals surface area contributed by atoms with Crippen LogP contribution in [0.5, 0.6) is 0 Å². The highest BCUT2D eigenvalue weighted by Crippen LogP contribution is 2.28. The Kier molecular flexibility index (Phi) is 6.67. The normalized spacial score (nSPS) is 22.0. The lowest BCUT2D eigenvalue weighted by Crippen LogP contribution is -2.34. The molecule has 0 radical (unpaired) electrons. The van der Waals surface area contributed by atoms with Crippen LogP contribution >= 0.6 is 0 Å². The summed E-state index contributed by atoms with van der Waals surface area (Å²) in [6.07, 6.45) is 9.23. The van der Waals surface area contributed by atoms with Crippen LogP contribution in [0.15, 0.2) is 24.5 Å². The third kappa shape index (κ3) is 5.84. The van der Waals surface area contributed by atoms with Gasteiger partial charge in [0.1, 0.15) is 0 Å². The van der Waals surface area contributed by atoms with Gasteiger partial charge in [-0.3, -0.25) is 9.78 Å². The molecule has 1 aliphatic carbocycles. The number of amides is 1. The molecule has 2 rings (SSSR count). The van der Waals surface area contributed by atoms with Crippen LogP contribution in [-0.2, 0) is 11.3 Å². The first-order valence-corrected chi connectivity index (χ1v) is 8.13. The summed E-state index contributed by atoms with van der Waals surface area (Å²) in [4.78, 5) is 16.1. The molecule has 1 heterocycles. The van der Waals surface area contributed by atoms with Crippen molar-refractivity contribution in [3.63, 3.8) is 0 Å². The van der Waals surface area contributed by atoms with Crippen molar-refractivity contribution in [2.75, 3.05) is 13.1 Å². The Hall–Kier alpha value is -1.42. The Bertz CT molecular complexity index is 421. The molecule has 1 aliphatic rings. The molecule has 1 amide bonds. The molecule has 1 fully saturated rings. The first kappa shape index (κ1) is 16.0. The van der Waals surface area contributed by atoms with Crippen molar-refractivity contribution in [3.05, 3.63) is 30.1 Å². The predicted octanol–water partition coefficient (Wildman–Crippen LogP) is 2.50. The van der Waals surface area contributed by atoms with Crippen molar-refractivity contribution in [2.45, 2.75) is 45.6 Å². The van der Waals surface area contributed by atoms with E-state index in [2.05, 4.69) is 28.6 Å². The highest BCUT2D eigenvalue weighted by molar-refractivity contribution is 5.78. The molecule has 0 unspecified atom stereocenters. The van der Waals surface area contributed by atoms with E-state index < -0.39 is 0 Å². The summed E-state index contributed by atoms with van der Waals surface area (Å²) in [5.41, 5.74) is 1.19. The number of hydrogen-bond acceptors (Lipinski definition) is 3. The van der Waals surface area contributed by atoms with E-state index in [1.807, 2.05) is 12.3 Å². The van der Waals surface area contributed by atoms with Gasteiger partial charge in [-0.05, 0) is 43.4 Å². The van der Waals surface area contributed by atoms with Crippen LogP contribution in [0.1, 0.15) is 44.6 Å². The van der Waals surface area contributed by atoms with Crippen LogP contribution < -0.4 is 10.6 Å². The first-order valence-electron chi connectivity index (χ1n) is 8.13. The molecule has 21 heavy (non-hydrogen) atoms. The number of hydrogen-bond donors (Lipinski definition) is 2. The smallest absolute Gasteiger partial charge is 0.223 e. The largest absolute Gasteiger partial charge is 0.356 e. The lowest BCUT2D eigenvalue weighted by atomic mass is 9.82. The van der Waals surface area contributed by atoms with Crippen LogP contribution in [0.25, 0.3) is 0 Å². The molecule has 0 saturated heterocycles. The van der Waals surface area contributed by atoms with Crippen molar-refractivity contribution in [1.82, 2.24) is 15.6 Å². The monoisotopic (exact) mass is 289 g/mol. The van der Waals surface area contributed by atoms with Crippen LogP contribution in [0, 0.1) is 11.8 Å². The molecular formula is C17H27N3O. The Labute approximate surface area is 127 Å². The molecule has 0 aromatic carbocycles. The van der Waals surface area contributed by atoms with Gasteiger partial charge < -0.3 is 10.6 Å². The minimum atomic E-state index is 0.247. The maximum absolute atomic E-state index is 12.1. The Morgan fingerprint density at radius 3 is 3.05 bits per heavy atom. The van der Waals surface area contributed by atoms with Gasteiger partial charge in [-0.25, -0.2) is 0 Å². The van der Waals surface area contributed by atoms with Gasteiger partial charge in [0, 0.05) is 31.4 Å². The van der Waals surface area contributed by atoms with E-state index in [-0.39, 0.29) is 11.8 Å². The first-order chi connectivity index (χ1) is 10.3. The summed E-state index contributed by atoms with van der Waals surface area (Å²) in [7, 11) is 0. The quantitative estimate of drug-likeness (QED) is 0.758. The van der Waals surface area contributed by atoms with Crippen LogP contribution in [0.2, 0.25) is 0 Å². The van der Waals surface area contributed by atoms with Gasteiger partial charge in [-0.2, -0.15) is 0 Å². The maximum atomic E-state index is 12.1. The highest BCUT2D eigenvalue weighted by Gasteiger charge is 2.24. The van der Waals surface area contributed by atoms with E-state index in [0.29, 0.717) is 5.92 Å². The summed E-state index contributed by atoms with van der Waals surface area (Å²) in [6.45, 7) is 4.77. The van der Waals surface area contributed by atoms with Crippen LogP contribution in [0.3, 0.4) is 0 Å². The summed E-state index contributed by atoms with van der Waals surface area (Å²) in [6, 6.07) is 4.01. The lowest BCUT2D eigenvalue weighted by Gasteiger charge is -2.25. The van der Waals surface area contributed by atoms with E-state index in [1.54, 1.807) is 6.20 Å². The number of carbonyl (C=O) groups is 1. The molecule has 1 saturated carbocycles. The summed E-state index contributed by atoms with van der Waals surface area (Å²) < 4.78 is 0. The SMILES string of the molecule is C[C@H]1CCC[C@@H](C(=O)NCCCNCc2cccnc2)C1. The second-order valence-corrected chi connectivity index (χ2v) is 6.15. The molecule has 0 bridgehead atoms. The molecule has 116 valence electrons. The molecule has 4 nitrogen and oxygen atoms in total. The van der Waals surface area contributed by atoms with Crippen LogP contribution in [0.4, 0.5) is 0 Å². The van der Waals surface area contributed by atoms with Gasteiger partial charge in [0.15, 0.2) is 0 Å². The molecule has 4 heteroatoms. The van der Waals surface area contributed by atoms with E-state index in [1.165, 1.54) is 18.4 Å². The van der Waals surface area contributed by atoms with Gasteiger partial charge in [0.2, 0.25) is 5.91 Å². The van der Waals surface area contributed by atoms with Gasteiger partial charge in [0.25, 0.3) is 0 Å². The molecule has 0 aliphatic heterocycles. The lowest BCUT2D eigenvalue weighted by molar-refractivity contribution is -0.126. The summed E-state index contributed by atoms with van der Waals surface area (Å²) in [5, 5.41) is 6.45. The fourth-order valence-corrected chi connectivity index (χ4v) is 2.98. The number of nitrogens with zero attached hydrogens (tertiary/aromatic N) is 1. The third-order valence-corrected chi connectivity index (χ3v) is 4.19. The van der Waals surface area contributed by atoms with Crippen molar-refractivity contribution >= 4 is 5.91 Å². The zero-order chi connectivity index (χ0) is 14.9. The van der Waals surface area contributed by atoms with Gasteiger partial charge in [0.05, 0.1) is 0 Å². The fourth-order valence-electron chi connectivity index (χ4n) is 2.98. The van der Waals surface area contributed by atoms with Crippen LogP contribution in [-0.4, -0.2) is 24.0 Å². The second kappa shape index (κ2) is 8.78. The van der Waals surface area contributed by atoms with Crippen molar-refractivity contribution < 1.29 is 4.79 Å². The summed E-state index contributed by atoms with van der Waals surface area (Å²) in [5.74, 6) is 1.21. The number of nitrogens with one attached hydrogen (secondary N) is 2. The zero-order valence-electron chi connectivity index (χ0n) is 13.0. The molecule has 1 aromatic rings. The molecule has 2 N–H and O–H groups in total. The average molecular weight is 289 g/mol. The van der Waals surface area contributed by atoms with Crippen molar-refractivity contribution in [1.29, 1.82) is 0 Å². The second-order valence-electron chi connectivity index (χ2n) is 6.15. The molecular weight excluding hydrogens is 262 g/mol. The van der Waals surface area contributed by atoms with E-state index in [9.17, 15) is 4.79 Å². The summed E-state index contributed by atoms with van der Waals surface area (Å²) >= 11 is 0. The van der Waals surface area contributed by atoms with E-state index >= 15 is 0 Å². The standard InChI is InChI=1S/C17H27N3O/c1-14-5-2-7-16(11-14)17(21)20-10-4-9-19-13-15-6-3-8-18-12-15/h3,6,8,12,14,16,19H,2,4-5,7,9-11,13H2,1H3,(H,20,21)/t14-,16+/m0/s1. The molecule has 1 aromatic heterocycles. The predicted molar refractivity (Wildman–Crippen MR) is 84.7 cm³/mol. The Morgan fingerprint density at radius 2 is 2.29 bits per heavy atom. The van der Waals surface area contributed by atoms with Gasteiger partial charge in [-0.1, -0.05) is 25.8 Å². The number of pyridine rings is 1. The molecule has 2 atom stereocenters. The minimum absolute atomic E-state index is 0.247. The highest BCUT2D eigenvalue weighted by atomic mass is 16.1. The average Bonchev–Trinajstić information content (AvgIpc) is 2.51. The minimum Gasteiger partial charge on any atom is -0.356 e.